The zero-order valence-corrected chi connectivity index (χ0v) is 14.6. The Kier molecular flexibility index (Phi) is 5.12. The first-order valence-corrected chi connectivity index (χ1v) is 8.11. The van der Waals surface area contributed by atoms with Gasteiger partial charge in [0.2, 0.25) is 11.7 Å². The van der Waals surface area contributed by atoms with E-state index in [-0.39, 0.29) is 18.1 Å². The van der Waals surface area contributed by atoms with E-state index in [4.69, 9.17) is 4.74 Å². The molecule has 6 nitrogen and oxygen atoms in total. The van der Waals surface area contributed by atoms with Crippen LogP contribution >= 0.6 is 0 Å². The quantitative estimate of drug-likeness (QED) is 0.695. The molecule has 26 heavy (non-hydrogen) atoms. The van der Waals surface area contributed by atoms with E-state index in [0.29, 0.717) is 17.1 Å². The zero-order valence-electron chi connectivity index (χ0n) is 14.6. The van der Waals surface area contributed by atoms with Gasteiger partial charge in [-0.2, -0.15) is 0 Å². The van der Waals surface area contributed by atoms with Crippen molar-refractivity contribution in [1.82, 2.24) is 9.55 Å². The van der Waals surface area contributed by atoms with Gasteiger partial charge in [-0.3, -0.25) is 9.59 Å². The number of nitrogens with one attached hydrogen (secondary N) is 1. The molecule has 0 radical (unpaired) electrons. The highest BCUT2D eigenvalue weighted by molar-refractivity contribution is 6.07. The lowest BCUT2D eigenvalue weighted by Crippen LogP contribution is -2.14. The van der Waals surface area contributed by atoms with Gasteiger partial charge in [0.25, 0.3) is 0 Å². The van der Waals surface area contributed by atoms with Gasteiger partial charge in [-0.15, -0.1) is 0 Å². The summed E-state index contributed by atoms with van der Waals surface area (Å²) in [5.41, 5.74) is 2.05. The molecule has 1 N–H and O–H groups in total. The first-order valence-electron chi connectivity index (χ1n) is 8.11. The number of ketones is 1. The first kappa shape index (κ1) is 17.4. The molecule has 3 rings (SSSR count). The standard InChI is InChI=1S/C20H19N3O3/c1-23-12-11-21-20(23)19(25)15-5-7-16(8-6-15)22-18(24)13-14-3-9-17(26-2)10-4-14/h3-12H,13H2,1-2H3,(H,22,24). The summed E-state index contributed by atoms with van der Waals surface area (Å²) in [6.45, 7) is 0. The van der Waals surface area contributed by atoms with Gasteiger partial charge in [0.05, 0.1) is 13.5 Å². The number of amides is 1. The number of hydrogen-bond acceptors (Lipinski definition) is 4. The Morgan fingerprint density at radius 2 is 1.77 bits per heavy atom. The molecule has 0 aliphatic carbocycles. The molecule has 1 amide bonds. The average molecular weight is 349 g/mol. The summed E-state index contributed by atoms with van der Waals surface area (Å²) in [4.78, 5) is 28.6. The molecule has 0 saturated heterocycles. The fraction of sp³-hybridized carbons (Fsp3) is 0.150. The Morgan fingerprint density at radius 3 is 2.35 bits per heavy atom. The van der Waals surface area contributed by atoms with Crippen molar-refractivity contribution in [3.63, 3.8) is 0 Å². The molecule has 0 fully saturated rings. The summed E-state index contributed by atoms with van der Waals surface area (Å²) in [5, 5.41) is 2.83. The van der Waals surface area contributed by atoms with E-state index in [1.807, 2.05) is 24.3 Å². The summed E-state index contributed by atoms with van der Waals surface area (Å²) in [7, 11) is 3.37. The lowest BCUT2D eigenvalue weighted by atomic mass is 10.1. The van der Waals surface area contributed by atoms with Crippen molar-refractivity contribution in [3.05, 3.63) is 77.9 Å². The number of aryl methyl sites for hydroxylation is 1. The third-order valence-electron chi connectivity index (χ3n) is 3.98. The van der Waals surface area contributed by atoms with Crippen LogP contribution in [-0.4, -0.2) is 28.4 Å². The Morgan fingerprint density at radius 1 is 1.08 bits per heavy atom. The second kappa shape index (κ2) is 7.65. The molecule has 6 heteroatoms. The van der Waals surface area contributed by atoms with Gasteiger partial charge in [-0.25, -0.2) is 4.98 Å². The van der Waals surface area contributed by atoms with Gasteiger partial charge < -0.3 is 14.6 Å². The van der Waals surface area contributed by atoms with Crippen LogP contribution in [0, 0.1) is 0 Å². The lowest BCUT2D eigenvalue weighted by molar-refractivity contribution is -0.115. The Labute approximate surface area is 151 Å². The molecule has 132 valence electrons. The molecular weight excluding hydrogens is 330 g/mol. The number of imidazole rings is 1. The second-order valence-corrected chi connectivity index (χ2v) is 5.84. The summed E-state index contributed by atoms with van der Waals surface area (Å²) < 4.78 is 6.77. The van der Waals surface area contributed by atoms with Crippen molar-refractivity contribution in [1.29, 1.82) is 0 Å². The highest BCUT2D eigenvalue weighted by Gasteiger charge is 2.13. The number of hydrogen-bond donors (Lipinski definition) is 1. The van der Waals surface area contributed by atoms with Crippen molar-refractivity contribution in [3.8, 4) is 5.75 Å². The van der Waals surface area contributed by atoms with Crippen LogP contribution in [0.2, 0.25) is 0 Å². The largest absolute Gasteiger partial charge is 0.497 e. The topological polar surface area (TPSA) is 73.2 Å². The van der Waals surface area contributed by atoms with Crippen LogP contribution < -0.4 is 10.1 Å². The van der Waals surface area contributed by atoms with Crippen molar-refractivity contribution < 1.29 is 14.3 Å². The molecule has 0 aliphatic rings. The minimum absolute atomic E-state index is 0.127. The third-order valence-corrected chi connectivity index (χ3v) is 3.98. The lowest BCUT2D eigenvalue weighted by Gasteiger charge is -2.07. The number of benzene rings is 2. The highest BCUT2D eigenvalue weighted by Crippen LogP contribution is 2.15. The molecular formula is C20H19N3O3. The second-order valence-electron chi connectivity index (χ2n) is 5.84. The van der Waals surface area contributed by atoms with Gasteiger partial charge in [0.15, 0.2) is 5.82 Å². The number of rotatable bonds is 6. The number of nitrogens with zero attached hydrogens (tertiary/aromatic N) is 2. The van der Waals surface area contributed by atoms with Crippen LogP contribution in [0.25, 0.3) is 0 Å². The maximum absolute atomic E-state index is 12.4. The maximum Gasteiger partial charge on any atom is 0.228 e. The van der Waals surface area contributed by atoms with E-state index in [9.17, 15) is 9.59 Å². The molecule has 2 aromatic carbocycles. The summed E-state index contributed by atoms with van der Waals surface area (Å²) in [6.07, 6.45) is 3.57. The monoisotopic (exact) mass is 349 g/mol. The van der Waals surface area contributed by atoms with Crippen molar-refractivity contribution >= 4 is 17.4 Å². The molecule has 3 aromatic rings. The smallest absolute Gasteiger partial charge is 0.228 e. The van der Waals surface area contributed by atoms with Gasteiger partial charge >= 0.3 is 0 Å². The number of ether oxygens (including phenoxy) is 1. The average Bonchev–Trinajstić information content (AvgIpc) is 3.08. The van der Waals surface area contributed by atoms with Gasteiger partial charge in [-0.05, 0) is 42.0 Å². The number of carbonyl (C=O) groups excluding carboxylic acids is 2. The minimum Gasteiger partial charge on any atom is -0.497 e. The maximum atomic E-state index is 12.4. The normalized spacial score (nSPS) is 10.4. The summed E-state index contributed by atoms with van der Waals surface area (Å²) in [6, 6.07) is 14.1. The minimum atomic E-state index is -0.159. The number of anilines is 1. The Hall–Kier alpha value is -3.41. The van der Waals surface area contributed by atoms with Crippen LogP contribution in [-0.2, 0) is 18.3 Å². The van der Waals surface area contributed by atoms with E-state index in [0.717, 1.165) is 11.3 Å². The Balaban J connectivity index is 1.62. The van der Waals surface area contributed by atoms with E-state index in [1.54, 1.807) is 55.4 Å². The number of aromatic nitrogens is 2. The molecule has 0 spiro atoms. The van der Waals surface area contributed by atoms with Gasteiger partial charge in [-0.1, -0.05) is 12.1 Å². The predicted molar refractivity (Wildman–Crippen MR) is 98.4 cm³/mol. The molecule has 1 heterocycles. The van der Waals surface area contributed by atoms with Crippen LogP contribution in [0.15, 0.2) is 60.9 Å². The highest BCUT2D eigenvalue weighted by atomic mass is 16.5. The molecule has 0 atom stereocenters. The summed E-state index contributed by atoms with van der Waals surface area (Å²) in [5.74, 6) is 0.843. The molecule has 0 aliphatic heterocycles. The van der Waals surface area contributed by atoms with Crippen molar-refractivity contribution in [2.45, 2.75) is 6.42 Å². The third kappa shape index (κ3) is 3.97. The van der Waals surface area contributed by atoms with E-state index >= 15 is 0 Å². The van der Waals surface area contributed by atoms with E-state index in [2.05, 4.69) is 10.3 Å². The summed E-state index contributed by atoms with van der Waals surface area (Å²) >= 11 is 0. The molecule has 0 saturated carbocycles. The van der Waals surface area contributed by atoms with Crippen molar-refractivity contribution in [2.75, 3.05) is 12.4 Å². The molecule has 0 bridgehead atoms. The van der Waals surface area contributed by atoms with Crippen LogP contribution in [0.1, 0.15) is 21.7 Å². The number of methoxy groups -OCH3 is 1. The predicted octanol–water partition coefficient (Wildman–Crippen LogP) is 2.84. The van der Waals surface area contributed by atoms with Crippen LogP contribution in [0.4, 0.5) is 5.69 Å². The zero-order chi connectivity index (χ0) is 18.5. The SMILES string of the molecule is COc1ccc(CC(=O)Nc2ccc(C(=O)c3nccn3C)cc2)cc1. The number of carbonyl (C=O) groups is 2. The van der Waals surface area contributed by atoms with E-state index < -0.39 is 0 Å². The van der Waals surface area contributed by atoms with Gasteiger partial charge in [0, 0.05) is 30.7 Å². The fourth-order valence-electron chi connectivity index (χ4n) is 2.55. The molecule has 0 unspecified atom stereocenters. The van der Waals surface area contributed by atoms with Crippen molar-refractivity contribution in [2.24, 2.45) is 7.05 Å². The fourth-order valence-corrected chi connectivity index (χ4v) is 2.55. The molecule has 1 aromatic heterocycles. The Bertz CT molecular complexity index is 912. The van der Waals surface area contributed by atoms with Gasteiger partial charge in [0.1, 0.15) is 5.75 Å². The van der Waals surface area contributed by atoms with Crippen LogP contribution in [0.5, 0.6) is 5.75 Å². The van der Waals surface area contributed by atoms with Crippen LogP contribution in [0.3, 0.4) is 0 Å². The van der Waals surface area contributed by atoms with E-state index in [1.165, 1.54) is 0 Å². The first-order chi connectivity index (χ1) is 12.6.